The Morgan fingerprint density at radius 2 is 1.39 bits per heavy atom. The highest BCUT2D eigenvalue weighted by atomic mass is 16.4. The molecule has 0 aliphatic carbocycles. The van der Waals surface area contributed by atoms with Crippen LogP contribution < -0.4 is 21.7 Å². The molecule has 3 amide bonds. The van der Waals surface area contributed by atoms with Crippen LogP contribution in [-0.2, 0) is 25.6 Å². The average Bonchev–Trinajstić information content (AvgIpc) is 2.80. The lowest BCUT2D eigenvalue weighted by atomic mass is 9.95. The Hall–Kier alpha value is -3.14. The fourth-order valence-electron chi connectivity index (χ4n) is 3.21. The molecule has 0 saturated heterocycles. The van der Waals surface area contributed by atoms with Gasteiger partial charge in [0.05, 0.1) is 6.54 Å². The normalized spacial score (nSPS) is 15.4. The number of carboxylic acid groups (broad SMARTS) is 1. The molecule has 1 rings (SSSR count). The van der Waals surface area contributed by atoms with Gasteiger partial charge in [-0.25, -0.2) is 4.79 Å². The molecule has 5 unspecified atom stereocenters. The van der Waals surface area contributed by atoms with Gasteiger partial charge in [-0.2, -0.15) is 0 Å². The highest BCUT2D eigenvalue weighted by Gasteiger charge is 2.33. The number of phenols is 1. The van der Waals surface area contributed by atoms with Crippen LogP contribution in [0.25, 0.3) is 0 Å². The highest BCUT2D eigenvalue weighted by Crippen LogP contribution is 2.14. The maximum atomic E-state index is 13.1. The molecule has 10 heteroatoms. The monoisotopic (exact) mass is 464 g/mol. The van der Waals surface area contributed by atoms with E-state index in [4.69, 9.17) is 5.73 Å². The third-order valence-corrected chi connectivity index (χ3v) is 5.78. The minimum atomic E-state index is -1.15. The Labute approximate surface area is 194 Å². The lowest BCUT2D eigenvalue weighted by Gasteiger charge is -2.29. The molecular formula is C23H36N4O6. The van der Waals surface area contributed by atoms with Gasteiger partial charge in [0.25, 0.3) is 0 Å². The third kappa shape index (κ3) is 8.72. The summed E-state index contributed by atoms with van der Waals surface area (Å²) in [4.78, 5) is 49.6. The fraction of sp³-hybridized carbons (Fsp3) is 0.565. The smallest absolute Gasteiger partial charge is 0.326 e. The zero-order valence-corrected chi connectivity index (χ0v) is 19.6. The van der Waals surface area contributed by atoms with Crippen LogP contribution in [0, 0.1) is 11.8 Å². The molecule has 0 bridgehead atoms. The Bertz CT molecular complexity index is 814. The summed E-state index contributed by atoms with van der Waals surface area (Å²) in [5.41, 5.74) is 6.06. The standard InChI is InChI=1S/C23H36N4O6/c1-5-13(3)19(22(31)27-20(23(32)33)14(4)6-2)26-21(30)17(25-18(29)12-24)11-15-7-9-16(28)10-8-15/h7-10,13-14,17,19-20,28H,5-6,11-12,24H2,1-4H3,(H,25,29)(H,26,30)(H,27,31)(H,32,33). The van der Waals surface area contributed by atoms with Crippen molar-refractivity contribution in [3.8, 4) is 5.75 Å². The number of aromatic hydroxyl groups is 1. The van der Waals surface area contributed by atoms with Crippen LogP contribution in [0.1, 0.15) is 46.1 Å². The van der Waals surface area contributed by atoms with E-state index < -0.39 is 41.8 Å². The van der Waals surface area contributed by atoms with E-state index in [0.29, 0.717) is 18.4 Å². The van der Waals surface area contributed by atoms with E-state index in [1.54, 1.807) is 26.0 Å². The number of hydrogen-bond acceptors (Lipinski definition) is 6. The molecule has 0 aliphatic heterocycles. The average molecular weight is 465 g/mol. The van der Waals surface area contributed by atoms with E-state index in [1.807, 2.05) is 13.8 Å². The number of carboxylic acids is 1. The molecule has 0 saturated carbocycles. The fourth-order valence-corrected chi connectivity index (χ4v) is 3.21. The topological polar surface area (TPSA) is 171 Å². The van der Waals surface area contributed by atoms with Gasteiger partial charge in [0.2, 0.25) is 17.7 Å². The number of phenolic OH excluding ortho intramolecular Hbond substituents is 1. The largest absolute Gasteiger partial charge is 0.508 e. The lowest BCUT2D eigenvalue weighted by Crippen LogP contribution is -2.59. The zero-order chi connectivity index (χ0) is 25.1. The van der Waals surface area contributed by atoms with E-state index in [2.05, 4.69) is 16.0 Å². The van der Waals surface area contributed by atoms with Crippen LogP contribution in [0.3, 0.4) is 0 Å². The van der Waals surface area contributed by atoms with Gasteiger partial charge in [-0.05, 0) is 29.5 Å². The number of hydrogen-bond donors (Lipinski definition) is 6. The van der Waals surface area contributed by atoms with Gasteiger partial charge in [0.1, 0.15) is 23.9 Å². The van der Waals surface area contributed by atoms with Crippen molar-refractivity contribution >= 4 is 23.7 Å². The summed E-state index contributed by atoms with van der Waals surface area (Å²) >= 11 is 0. The second-order valence-corrected chi connectivity index (χ2v) is 8.28. The van der Waals surface area contributed by atoms with E-state index in [9.17, 15) is 29.4 Å². The Balaban J connectivity index is 3.09. The molecule has 0 heterocycles. The Morgan fingerprint density at radius 1 is 0.879 bits per heavy atom. The van der Waals surface area contributed by atoms with Crippen molar-refractivity contribution in [1.29, 1.82) is 0 Å². The Morgan fingerprint density at radius 3 is 1.88 bits per heavy atom. The van der Waals surface area contributed by atoms with E-state index in [0.717, 1.165) is 0 Å². The van der Waals surface area contributed by atoms with Crippen LogP contribution in [0.2, 0.25) is 0 Å². The third-order valence-electron chi connectivity index (χ3n) is 5.78. The van der Waals surface area contributed by atoms with Crippen LogP contribution >= 0.6 is 0 Å². The van der Waals surface area contributed by atoms with Gasteiger partial charge < -0.3 is 31.9 Å². The quantitative estimate of drug-likeness (QED) is 0.247. The highest BCUT2D eigenvalue weighted by molar-refractivity contribution is 5.94. The second kappa shape index (κ2) is 13.4. The maximum absolute atomic E-state index is 13.1. The van der Waals surface area contributed by atoms with Crippen molar-refractivity contribution in [2.75, 3.05) is 6.54 Å². The summed E-state index contributed by atoms with van der Waals surface area (Å²) in [7, 11) is 0. The number of rotatable bonds is 13. The molecule has 0 spiro atoms. The molecule has 33 heavy (non-hydrogen) atoms. The van der Waals surface area contributed by atoms with Gasteiger partial charge in [0, 0.05) is 6.42 Å². The molecule has 0 radical (unpaired) electrons. The first-order valence-electron chi connectivity index (χ1n) is 11.1. The van der Waals surface area contributed by atoms with Crippen LogP contribution in [0.5, 0.6) is 5.75 Å². The molecule has 5 atom stereocenters. The van der Waals surface area contributed by atoms with Crippen LogP contribution in [-0.4, -0.2) is 58.6 Å². The van der Waals surface area contributed by atoms with Gasteiger partial charge >= 0.3 is 5.97 Å². The van der Waals surface area contributed by atoms with E-state index >= 15 is 0 Å². The zero-order valence-electron chi connectivity index (χ0n) is 19.6. The Kier molecular flexibility index (Phi) is 11.3. The summed E-state index contributed by atoms with van der Waals surface area (Å²) in [6.45, 7) is 6.87. The van der Waals surface area contributed by atoms with E-state index in [-0.39, 0.29) is 30.6 Å². The van der Waals surface area contributed by atoms with Crippen molar-refractivity contribution in [3.05, 3.63) is 29.8 Å². The summed E-state index contributed by atoms with van der Waals surface area (Å²) in [5, 5.41) is 26.7. The van der Waals surface area contributed by atoms with Crippen molar-refractivity contribution in [2.45, 2.75) is 65.1 Å². The molecule has 10 nitrogen and oxygen atoms in total. The summed E-state index contributed by atoms with van der Waals surface area (Å²) < 4.78 is 0. The minimum absolute atomic E-state index is 0.0635. The minimum Gasteiger partial charge on any atom is -0.508 e. The number of benzene rings is 1. The van der Waals surface area contributed by atoms with Gasteiger partial charge in [-0.3, -0.25) is 14.4 Å². The number of carbonyl (C=O) groups is 4. The molecule has 1 aromatic rings. The number of nitrogens with one attached hydrogen (secondary N) is 3. The molecular weight excluding hydrogens is 428 g/mol. The second-order valence-electron chi connectivity index (χ2n) is 8.28. The molecule has 1 aromatic carbocycles. The molecule has 0 aromatic heterocycles. The van der Waals surface area contributed by atoms with E-state index in [1.165, 1.54) is 12.1 Å². The van der Waals surface area contributed by atoms with Gasteiger partial charge in [-0.1, -0.05) is 52.7 Å². The van der Waals surface area contributed by atoms with Crippen molar-refractivity contribution in [1.82, 2.24) is 16.0 Å². The van der Waals surface area contributed by atoms with Crippen molar-refractivity contribution in [3.63, 3.8) is 0 Å². The first kappa shape index (κ1) is 27.9. The number of nitrogens with two attached hydrogens (primary N) is 1. The summed E-state index contributed by atoms with van der Waals surface area (Å²) in [6, 6.07) is 3.06. The predicted molar refractivity (Wildman–Crippen MR) is 123 cm³/mol. The van der Waals surface area contributed by atoms with Crippen molar-refractivity contribution < 1.29 is 29.4 Å². The first-order valence-corrected chi connectivity index (χ1v) is 11.1. The summed E-state index contributed by atoms with van der Waals surface area (Å²) in [6.07, 6.45) is 1.21. The maximum Gasteiger partial charge on any atom is 0.326 e. The first-order chi connectivity index (χ1) is 15.5. The molecule has 7 N–H and O–H groups in total. The van der Waals surface area contributed by atoms with Gasteiger partial charge in [-0.15, -0.1) is 0 Å². The van der Waals surface area contributed by atoms with Crippen LogP contribution in [0.4, 0.5) is 0 Å². The predicted octanol–water partition coefficient (Wildman–Crippen LogP) is 0.525. The molecule has 184 valence electrons. The number of amides is 3. The molecule has 0 fully saturated rings. The SMILES string of the molecule is CCC(C)C(NC(=O)C(NC(=O)C(Cc1ccc(O)cc1)NC(=O)CN)C(C)CC)C(=O)O. The summed E-state index contributed by atoms with van der Waals surface area (Å²) in [5.74, 6) is -3.41. The van der Waals surface area contributed by atoms with Crippen molar-refractivity contribution in [2.24, 2.45) is 17.6 Å². The number of carbonyl (C=O) groups excluding carboxylic acids is 3. The molecule has 0 aliphatic rings. The lowest BCUT2D eigenvalue weighted by molar-refractivity contribution is -0.144. The van der Waals surface area contributed by atoms with Crippen LogP contribution in [0.15, 0.2) is 24.3 Å². The van der Waals surface area contributed by atoms with Gasteiger partial charge in [0.15, 0.2) is 0 Å². The number of aliphatic carboxylic acids is 1.